The lowest BCUT2D eigenvalue weighted by atomic mass is 10.1. The fourth-order valence-electron chi connectivity index (χ4n) is 4.07. The van der Waals surface area contributed by atoms with Crippen LogP contribution in [0.15, 0.2) is 90.5 Å². The zero-order chi connectivity index (χ0) is 26.2. The van der Waals surface area contributed by atoms with Gasteiger partial charge in [-0.1, -0.05) is 30.3 Å². The summed E-state index contributed by atoms with van der Waals surface area (Å²) in [5, 5.41) is 12.5. The minimum atomic E-state index is -0.462. The number of benzene rings is 3. The lowest BCUT2D eigenvalue weighted by molar-refractivity contribution is -0.112. The van der Waals surface area contributed by atoms with Crippen LogP contribution in [0.25, 0.3) is 11.8 Å². The first-order valence-electron chi connectivity index (χ1n) is 12.1. The van der Waals surface area contributed by atoms with Gasteiger partial charge in [-0.3, -0.25) is 4.79 Å². The molecule has 0 saturated carbocycles. The van der Waals surface area contributed by atoms with E-state index in [0.717, 1.165) is 39.7 Å². The molecule has 186 valence electrons. The molecule has 0 saturated heterocycles. The molecule has 0 bridgehead atoms. The predicted octanol–water partition coefficient (Wildman–Crippen LogP) is 6.62. The van der Waals surface area contributed by atoms with Crippen molar-refractivity contribution < 1.29 is 14.3 Å². The van der Waals surface area contributed by atoms with Crippen LogP contribution in [-0.4, -0.2) is 17.1 Å². The minimum absolute atomic E-state index is 0.0267. The fourth-order valence-corrected chi connectivity index (χ4v) is 4.07. The van der Waals surface area contributed by atoms with Gasteiger partial charge in [-0.25, -0.2) is 0 Å². The van der Waals surface area contributed by atoms with Crippen molar-refractivity contribution in [2.75, 3.05) is 11.9 Å². The third-order valence-electron chi connectivity index (χ3n) is 5.90. The van der Waals surface area contributed by atoms with Gasteiger partial charge in [-0.15, -0.1) is 0 Å². The Morgan fingerprint density at radius 3 is 2.24 bits per heavy atom. The summed E-state index contributed by atoms with van der Waals surface area (Å²) in [6.45, 7) is 6.95. The number of amides is 1. The van der Waals surface area contributed by atoms with E-state index in [2.05, 4.69) is 9.88 Å². The minimum Gasteiger partial charge on any atom is -0.494 e. The maximum atomic E-state index is 12.8. The van der Waals surface area contributed by atoms with E-state index in [1.54, 1.807) is 30.3 Å². The number of aryl methyl sites for hydroxylation is 1. The van der Waals surface area contributed by atoms with Gasteiger partial charge in [0.25, 0.3) is 5.91 Å². The fraction of sp³-hybridized carbons (Fsp3) is 0.161. The number of hydrogen-bond donors (Lipinski definition) is 1. The van der Waals surface area contributed by atoms with Gasteiger partial charge in [0.15, 0.2) is 0 Å². The Balaban J connectivity index is 1.49. The summed E-state index contributed by atoms with van der Waals surface area (Å²) in [6, 6.07) is 29.0. The topological polar surface area (TPSA) is 76.3 Å². The van der Waals surface area contributed by atoms with Crippen LogP contribution in [0.5, 0.6) is 11.5 Å². The van der Waals surface area contributed by atoms with Crippen LogP contribution in [0.2, 0.25) is 0 Å². The van der Waals surface area contributed by atoms with Crippen LogP contribution in [0.3, 0.4) is 0 Å². The molecule has 1 heterocycles. The third kappa shape index (κ3) is 6.28. The number of carbonyl (C=O) groups is 1. The van der Waals surface area contributed by atoms with Crippen LogP contribution >= 0.6 is 0 Å². The molecule has 37 heavy (non-hydrogen) atoms. The number of carbonyl (C=O) groups excluding carboxylic acids is 1. The van der Waals surface area contributed by atoms with Crippen molar-refractivity contribution in [2.24, 2.45) is 0 Å². The van der Waals surface area contributed by atoms with Crippen molar-refractivity contribution >= 4 is 17.7 Å². The lowest BCUT2D eigenvalue weighted by Crippen LogP contribution is -2.13. The Hall–Kier alpha value is -4.76. The highest BCUT2D eigenvalue weighted by Crippen LogP contribution is 2.25. The molecule has 4 rings (SSSR count). The van der Waals surface area contributed by atoms with Crippen molar-refractivity contribution in [3.8, 4) is 23.3 Å². The first-order chi connectivity index (χ1) is 18.0. The van der Waals surface area contributed by atoms with Crippen LogP contribution in [-0.2, 0) is 11.4 Å². The van der Waals surface area contributed by atoms with Crippen molar-refractivity contribution in [3.63, 3.8) is 0 Å². The molecular weight excluding hydrogens is 462 g/mol. The van der Waals surface area contributed by atoms with Gasteiger partial charge in [-0.05, 0) is 92.6 Å². The summed E-state index contributed by atoms with van der Waals surface area (Å²) in [4.78, 5) is 12.8. The van der Waals surface area contributed by atoms with Gasteiger partial charge in [0.05, 0.1) is 6.61 Å². The number of hydrogen-bond acceptors (Lipinski definition) is 4. The molecule has 1 aromatic heterocycles. The number of aromatic nitrogens is 1. The van der Waals surface area contributed by atoms with E-state index in [1.165, 1.54) is 0 Å². The third-order valence-corrected chi connectivity index (χ3v) is 5.90. The maximum absolute atomic E-state index is 12.8. The SMILES string of the molecule is CCOc1ccc(NC(=O)/C(C#N)=C\c2cc(C)n(-c3ccc(OCc4ccccc4)cc3)c2C)cc1. The summed E-state index contributed by atoms with van der Waals surface area (Å²) in [6.07, 6.45) is 1.63. The van der Waals surface area contributed by atoms with E-state index >= 15 is 0 Å². The normalized spacial score (nSPS) is 11.0. The molecule has 0 aliphatic heterocycles. The molecule has 0 fully saturated rings. The van der Waals surface area contributed by atoms with Gasteiger partial charge in [0, 0.05) is 22.8 Å². The molecule has 1 amide bonds. The van der Waals surface area contributed by atoms with Gasteiger partial charge in [-0.2, -0.15) is 5.26 Å². The number of rotatable bonds is 9. The molecule has 3 aromatic carbocycles. The number of anilines is 1. The Kier molecular flexibility index (Phi) is 8.07. The standard InChI is InChI=1S/C31H29N3O3/c1-4-36-29-14-10-27(11-15-29)33-31(35)26(20-32)19-25-18-22(2)34(23(25)3)28-12-16-30(17-13-28)37-21-24-8-6-5-7-9-24/h5-19H,4,21H2,1-3H3,(H,33,35)/b26-19-. The van der Waals surface area contributed by atoms with E-state index in [0.29, 0.717) is 18.9 Å². The summed E-state index contributed by atoms with van der Waals surface area (Å²) in [5.74, 6) is 1.05. The first-order valence-corrected chi connectivity index (χ1v) is 12.1. The highest BCUT2D eigenvalue weighted by molar-refractivity contribution is 6.09. The summed E-state index contributed by atoms with van der Waals surface area (Å²) < 4.78 is 13.4. The van der Waals surface area contributed by atoms with E-state index in [-0.39, 0.29) is 5.57 Å². The van der Waals surface area contributed by atoms with Gasteiger partial charge >= 0.3 is 0 Å². The summed E-state index contributed by atoms with van der Waals surface area (Å²) in [7, 11) is 0. The maximum Gasteiger partial charge on any atom is 0.266 e. The second-order valence-electron chi connectivity index (χ2n) is 8.51. The van der Waals surface area contributed by atoms with Crippen molar-refractivity contribution in [3.05, 3.63) is 113 Å². The molecule has 0 aliphatic carbocycles. The predicted molar refractivity (Wildman–Crippen MR) is 146 cm³/mol. The quantitative estimate of drug-likeness (QED) is 0.211. The van der Waals surface area contributed by atoms with Crippen molar-refractivity contribution in [2.45, 2.75) is 27.4 Å². The number of ether oxygens (including phenoxy) is 2. The molecule has 1 N–H and O–H groups in total. The number of nitrogens with one attached hydrogen (secondary N) is 1. The monoisotopic (exact) mass is 491 g/mol. The van der Waals surface area contributed by atoms with E-state index in [4.69, 9.17) is 9.47 Å². The smallest absolute Gasteiger partial charge is 0.266 e. The van der Waals surface area contributed by atoms with Gasteiger partial charge in [0.2, 0.25) is 0 Å². The highest BCUT2D eigenvalue weighted by atomic mass is 16.5. The van der Waals surface area contributed by atoms with E-state index in [9.17, 15) is 10.1 Å². The van der Waals surface area contributed by atoms with E-state index in [1.807, 2.05) is 87.5 Å². The van der Waals surface area contributed by atoms with Crippen LogP contribution in [0.4, 0.5) is 5.69 Å². The van der Waals surface area contributed by atoms with Crippen LogP contribution in [0.1, 0.15) is 29.4 Å². The van der Waals surface area contributed by atoms with Gasteiger partial charge in [0.1, 0.15) is 29.7 Å². The molecule has 0 unspecified atom stereocenters. The molecule has 4 aromatic rings. The second-order valence-corrected chi connectivity index (χ2v) is 8.51. The van der Waals surface area contributed by atoms with Crippen molar-refractivity contribution in [1.82, 2.24) is 4.57 Å². The first kappa shape index (κ1) is 25.3. The highest BCUT2D eigenvalue weighted by Gasteiger charge is 2.14. The molecule has 0 spiro atoms. The molecule has 6 heteroatoms. The Bertz CT molecular complexity index is 1430. The Labute approximate surface area is 217 Å². The Morgan fingerprint density at radius 1 is 0.946 bits per heavy atom. The largest absolute Gasteiger partial charge is 0.494 e. The zero-order valence-corrected chi connectivity index (χ0v) is 21.2. The molecular formula is C31H29N3O3. The average Bonchev–Trinajstić information content (AvgIpc) is 3.20. The Morgan fingerprint density at radius 2 is 1.59 bits per heavy atom. The zero-order valence-electron chi connectivity index (χ0n) is 21.2. The van der Waals surface area contributed by atoms with E-state index < -0.39 is 5.91 Å². The molecule has 0 radical (unpaired) electrons. The summed E-state index contributed by atoms with van der Waals surface area (Å²) in [5.41, 5.74) is 5.43. The second kappa shape index (κ2) is 11.8. The number of nitriles is 1. The van der Waals surface area contributed by atoms with Crippen molar-refractivity contribution in [1.29, 1.82) is 5.26 Å². The summed E-state index contributed by atoms with van der Waals surface area (Å²) >= 11 is 0. The average molecular weight is 492 g/mol. The van der Waals surface area contributed by atoms with Crippen LogP contribution in [0, 0.1) is 25.2 Å². The van der Waals surface area contributed by atoms with Crippen LogP contribution < -0.4 is 14.8 Å². The molecule has 0 aliphatic rings. The molecule has 0 atom stereocenters. The number of nitrogens with zero attached hydrogens (tertiary/aromatic N) is 2. The van der Waals surface area contributed by atoms with Gasteiger partial charge < -0.3 is 19.4 Å². The molecule has 6 nitrogen and oxygen atoms in total. The lowest BCUT2D eigenvalue weighted by Gasteiger charge is -2.12.